The Balaban J connectivity index is 1.75. The second-order valence-corrected chi connectivity index (χ2v) is 6.38. The van der Waals surface area contributed by atoms with E-state index < -0.39 is 0 Å². The molecule has 7 heteroatoms. The van der Waals surface area contributed by atoms with E-state index in [1.54, 1.807) is 22.7 Å². The van der Waals surface area contributed by atoms with Gasteiger partial charge >= 0.3 is 0 Å². The minimum Gasteiger partial charge on any atom is -0.399 e. The van der Waals surface area contributed by atoms with Crippen LogP contribution in [0.5, 0.6) is 0 Å². The Hall–Kier alpha value is -4.00. The number of fused-ring (bicyclic) bond motifs is 3. The normalized spacial score (nSPS) is 11.2. The number of halogens is 1. The van der Waals surface area contributed by atoms with E-state index in [1.807, 2.05) is 48.5 Å². The fourth-order valence-corrected chi connectivity index (χ4v) is 3.19. The van der Waals surface area contributed by atoms with Crippen molar-refractivity contribution in [2.24, 2.45) is 0 Å². The summed E-state index contributed by atoms with van der Waals surface area (Å²) >= 11 is 0. The average Bonchev–Trinajstić information content (AvgIpc) is 3.14. The van der Waals surface area contributed by atoms with Gasteiger partial charge in [0.15, 0.2) is 17.3 Å². The van der Waals surface area contributed by atoms with Gasteiger partial charge in [-0.15, -0.1) is 15.3 Å². The molecule has 3 aromatic carbocycles. The highest BCUT2D eigenvalue weighted by molar-refractivity contribution is 6.01. The minimum atomic E-state index is -0.375. The molecule has 0 radical (unpaired) electrons. The van der Waals surface area contributed by atoms with E-state index in [4.69, 9.17) is 5.73 Å². The fraction of sp³-hybridized carbons (Fsp3) is 0. The van der Waals surface area contributed by atoms with Crippen molar-refractivity contribution in [2.75, 3.05) is 11.1 Å². The Morgan fingerprint density at radius 1 is 0.821 bits per heavy atom. The van der Waals surface area contributed by atoms with Gasteiger partial charge in [0, 0.05) is 22.1 Å². The summed E-state index contributed by atoms with van der Waals surface area (Å²) < 4.78 is 15.9. The van der Waals surface area contributed by atoms with Crippen LogP contribution in [0.1, 0.15) is 0 Å². The van der Waals surface area contributed by atoms with Gasteiger partial charge in [0.25, 0.3) is 0 Å². The van der Waals surface area contributed by atoms with E-state index in [-0.39, 0.29) is 5.82 Å². The van der Waals surface area contributed by atoms with E-state index in [0.29, 0.717) is 28.5 Å². The smallest absolute Gasteiger partial charge is 0.188 e. The number of rotatable bonds is 3. The van der Waals surface area contributed by atoms with Crippen LogP contribution in [-0.4, -0.2) is 19.8 Å². The molecule has 0 saturated carbocycles. The third-order valence-electron chi connectivity index (χ3n) is 4.55. The van der Waals surface area contributed by atoms with Gasteiger partial charge in [-0.2, -0.15) is 4.52 Å². The highest BCUT2D eigenvalue weighted by Gasteiger charge is 2.17. The number of hydrogen-bond donors (Lipinski definition) is 2. The van der Waals surface area contributed by atoms with Crippen LogP contribution >= 0.6 is 0 Å². The largest absolute Gasteiger partial charge is 0.399 e. The van der Waals surface area contributed by atoms with Crippen LogP contribution in [0.25, 0.3) is 27.8 Å². The highest BCUT2D eigenvalue weighted by Crippen LogP contribution is 2.30. The maximum atomic E-state index is 14.3. The van der Waals surface area contributed by atoms with Crippen LogP contribution in [0.2, 0.25) is 0 Å². The first-order valence-electron chi connectivity index (χ1n) is 8.72. The number of nitrogens with one attached hydrogen (secondary N) is 1. The Morgan fingerprint density at radius 2 is 1.54 bits per heavy atom. The number of benzene rings is 3. The lowest BCUT2D eigenvalue weighted by atomic mass is 10.1. The van der Waals surface area contributed by atoms with Crippen LogP contribution in [0.3, 0.4) is 0 Å². The predicted molar refractivity (Wildman–Crippen MR) is 108 cm³/mol. The number of aromatic nitrogens is 4. The van der Waals surface area contributed by atoms with Crippen molar-refractivity contribution >= 4 is 33.6 Å². The topological polar surface area (TPSA) is 81.1 Å². The van der Waals surface area contributed by atoms with Gasteiger partial charge in [-0.05, 0) is 36.4 Å². The second-order valence-electron chi connectivity index (χ2n) is 6.38. The third-order valence-corrected chi connectivity index (χ3v) is 4.55. The molecular formula is C21H15FN6. The van der Waals surface area contributed by atoms with E-state index in [9.17, 15) is 4.39 Å². The molecule has 136 valence electrons. The third kappa shape index (κ3) is 2.61. The summed E-state index contributed by atoms with van der Waals surface area (Å²) in [6, 6.07) is 21.6. The van der Waals surface area contributed by atoms with Crippen molar-refractivity contribution in [1.29, 1.82) is 0 Å². The molecule has 2 aromatic heterocycles. The molecule has 0 saturated heterocycles. The summed E-state index contributed by atoms with van der Waals surface area (Å²) in [5.74, 6) is 0.587. The zero-order valence-electron chi connectivity index (χ0n) is 14.7. The standard InChI is InChI=1S/C21H15FN6/c22-18-8-4-3-7-17(18)21-26-25-20-16-6-2-1-5-15(16)19(27-28(20)21)24-14-11-9-13(23)10-12-14/h1-12H,23H2,(H,24,27). The van der Waals surface area contributed by atoms with E-state index >= 15 is 0 Å². The summed E-state index contributed by atoms with van der Waals surface area (Å²) in [5, 5.41) is 18.2. The number of hydrogen-bond acceptors (Lipinski definition) is 5. The molecule has 0 spiro atoms. The van der Waals surface area contributed by atoms with E-state index in [2.05, 4.69) is 20.6 Å². The highest BCUT2D eigenvalue weighted by atomic mass is 19.1. The molecule has 6 nitrogen and oxygen atoms in total. The summed E-state index contributed by atoms with van der Waals surface area (Å²) in [5.41, 5.74) is 8.20. The fourth-order valence-electron chi connectivity index (χ4n) is 3.19. The maximum Gasteiger partial charge on any atom is 0.188 e. The van der Waals surface area contributed by atoms with Gasteiger partial charge in [0.05, 0.1) is 5.56 Å². The molecule has 0 aliphatic rings. The first kappa shape index (κ1) is 16.2. The van der Waals surface area contributed by atoms with Crippen LogP contribution < -0.4 is 11.1 Å². The zero-order chi connectivity index (χ0) is 19.1. The maximum absolute atomic E-state index is 14.3. The van der Waals surface area contributed by atoms with Crippen molar-refractivity contribution in [3.63, 3.8) is 0 Å². The predicted octanol–water partition coefficient (Wildman–Crippen LogP) is 4.41. The lowest BCUT2D eigenvalue weighted by molar-refractivity contribution is 0.629. The lowest BCUT2D eigenvalue weighted by Gasteiger charge is -2.11. The Kier molecular flexibility index (Phi) is 3.65. The van der Waals surface area contributed by atoms with Gasteiger partial charge in [0.2, 0.25) is 0 Å². The molecule has 0 fully saturated rings. The summed E-state index contributed by atoms with van der Waals surface area (Å²) in [7, 11) is 0. The van der Waals surface area contributed by atoms with Crippen LogP contribution in [0, 0.1) is 5.82 Å². The van der Waals surface area contributed by atoms with Gasteiger partial charge < -0.3 is 11.1 Å². The summed E-state index contributed by atoms with van der Waals surface area (Å²) in [4.78, 5) is 0. The van der Waals surface area contributed by atoms with Crippen LogP contribution in [0.15, 0.2) is 72.8 Å². The van der Waals surface area contributed by atoms with Crippen molar-refractivity contribution in [1.82, 2.24) is 19.8 Å². The summed E-state index contributed by atoms with van der Waals surface area (Å²) in [6.45, 7) is 0. The van der Waals surface area contributed by atoms with Crippen molar-refractivity contribution in [2.45, 2.75) is 0 Å². The monoisotopic (exact) mass is 370 g/mol. The number of nitrogen functional groups attached to an aromatic ring is 1. The first-order chi connectivity index (χ1) is 13.7. The molecule has 0 atom stereocenters. The van der Waals surface area contributed by atoms with Crippen molar-refractivity contribution in [3.8, 4) is 11.4 Å². The molecule has 2 heterocycles. The van der Waals surface area contributed by atoms with Crippen molar-refractivity contribution < 1.29 is 4.39 Å². The van der Waals surface area contributed by atoms with Gasteiger partial charge in [0.1, 0.15) is 5.82 Å². The number of anilines is 3. The van der Waals surface area contributed by atoms with Gasteiger partial charge in [-0.1, -0.05) is 36.4 Å². The molecular weight excluding hydrogens is 355 g/mol. The Labute approximate surface area is 159 Å². The zero-order valence-corrected chi connectivity index (χ0v) is 14.7. The molecule has 0 aliphatic heterocycles. The quantitative estimate of drug-likeness (QED) is 0.460. The van der Waals surface area contributed by atoms with Crippen LogP contribution in [0.4, 0.5) is 21.6 Å². The van der Waals surface area contributed by atoms with Gasteiger partial charge in [-0.3, -0.25) is 0 Å². The molecule has 5 rings (SSSR count). The molecule has 3 N–H and O–H groups in total. The van der Waals surface area contributed by atoms with Crippen LogP contribution in [-0.2, 0) is 0 Å². The van der Waals surface area contributed by atoms with Gasteiger partial charge in [-0.25, -0.2) is 4.39 Å². The molecule has 28 heavy (non-hydrogen) atoms. The Morgan fingerprint density at radius 3 is 2.32 bits per heavy atom. The van der Waals surface area contributed by atoms with Crippen molar-refractivity contribution in [3.05, 3.63) is 78.6 Å². The number of nitrogens with zero attached hydrogens (tertiary/aromatic N) is 4. The molecule has 0 aliphatic carbocycles. The Bertz CT molecular complexity index is 1310. The minimum absolute atomic E-state index is 0.344. The molecule has 0 unspecified atom stereocenters. The van der Waals surface area contributed by atoms with E-state index in [1.165, 1.54) is 6.07 Å². The average molecular weight is 370 g/mol. The molecule has 0 bridgehead atoms. The SMILES string of the molecule is Nc1ccc(Nc2nn3c(-c4ccccc4F)nnc3c3ccccc23)cc1. The first-order valence-corrected chi connectivity index (χ1v) is 8.72. The molecule has 5 aromatic rings. The van der Waals surface area contributed by atoms with E-state index in [0.717, 1.165) is 16.5 Å². The number of nitrogens with two attached hydrogens (primary N) is 1. The summed E-state index contributed by atoms with van der Waals surface area (Å²) in [6.07, 6.45) is 0. The molecule has 0 amide bonds. The lowest BCUT2D eigenvalue weighted by Crippen LogP contribution is -2.03. The second kappa shape index (κ2) is 6.31.